The average Bonchev–Trinajstić information content (AvgIpc) is 3.00. The summed E-state index contributed by atoms with van der Waals surface area (Å²) in [6.45, 7) is 3.30. The van der Waals surface area contributed by atoms with Crippen molar-refractivity contribution in [3.8, 4) is 0 Å². The third-order valence-corrected chi connectivity index (χ3v) is 4.49. The summed E-state index contributed by atoms with van der Waals surface area (Å²) in [4.78, 5) is 20.1. The first-order chi connectivity index (χ1) is 12.4. The second-order valence-corrected chi connectivity index (χ2v) is 7.18. The molecule has 0 spiro atoms. The molecule has 0 aliphatic rings. The van der Waals surface area contributed by atoms with Crippen molar-refractivity contribution in [2.24, 2.45) is 4.99 Å². The molecule has 1 aromatic heterocycles. The maximum absolute atomic E-state index is 11.9. The number of guanidine groups is 1. The summed E-state index contributed by atoms with van der Waals surface area (Å²) in [6, 6.07) is 9.98. The van der Waals surface area contributed by atoms with Gasteiger partial charge in [-0.15, -0.1) is 24.0 Å². The molecular weight excluding hydrogens is 523 g/mol. The highest BCUT2D eigenvalue weighted by Gasteiger charge is 2.12. The summed E-state index contributed by atoms with van der Waals surface area (Å²) in [5.41, 5.74) is 2.18. The monoisotopic (exact) mass is 548 g/mol. The first kappa shape index (κ1) is 23.5. The molecule has 0 unspecified atom stereocenters. The van der Waals surface area contributed by atoms with E-state index in [1.807, 2.05) is 49.2 Å². The molecule has 148 valence electrons. The molecule has 8 heteroatoms. The number of furan rings is 1. The van der Waals surface area contributed by atoms with Gasteiger partial charge >= 0.3 is 0 Å². The van der Waals surface area contributed by atoms with Crippen molar-refractivity contribution >= 4 is 51.8 Å². The van der Waals surface area contributed by atoms with E-state index in [9.17, 15) is 4.79 Å². The van der Waals surface area contributed by atoms with Gasteiger partial charge in [0.15, 0.2) is 5.96 Å². The van der Waals surface area contributed by atoms with Crippen LogP contribution in [0, 0.1) is 6.92 Å². The van der Waals surface area contributed by atoms with Gasteiger partial charge in [-0.3, -0.25) is 4.79 Å². The molecule has 1 amide bonds. The number of benzene rings is 1. The molecular formula is C19H26BrIN4O2. The topological polar surface area (TPSA) is 61.1 Å². The highest BCUT2D eigenvalue weighted by Crippen LogP contribution is 2.13. The fraction of sp³-hybridized carbons (Fsp3) is 0.368. The van der Waals surface area contributed by atoms with Gasteiger partial charge in [0.05, 0.1) is 19.4 Å². The first-order valence-electron chi connectivity index (χ1n) is 8.34. The van der Waals surface area contributed by atoms with Gasteiger partial charge in [-0.05, 0) is 30.7 Å². The Morgan fingerprint density at radius 1 is 1.19 bits per heavy atom. The fourth-order valence-electron chi connectivity index (χ4n) is 2.29. The summed E-state index contributed by atoms with van der Waals surface area (Å²) in [7, 11) is 5.42. The smallest absolute Gasteiger partial charge is 0.241 e. The number of aryl methyl sites for hydroxylation is 1. The molecule has 6 nitrogen and oxygen atoms in total. The third kappa shape index (κ3) is 7.53. The van der Waals surface area contributed by atoms with E-state index in [1.54, 1.807) is 25.3 Å². The van der Waals surface area contributed by atoms with E-state index in [0.29, 0.717) is 19.0 Å². The molecule has 0 atom stereocenters. The van der Waals surface area contributed by atoms with Gasteiger partial charge in [-0.1, -0.05) is 28.1 Å². The minimum Gasteiger partial charge on any atom is -0.469 e. The number of likely N-dealkylation sites (N-methyl/N-ethyl adjacent to an activating group) is 1. The molecule has 1 aromatic carbocycles. The Hall–Kier alpha value is -1.55. The Balaban J connectivity index is 0.00000364. The zero-order valence-corrected chi connectivity index (χ0v) is 19.9. The quantitative estimate of drug-likeness (QED) is 0.340. The van der Waals surface area contributed by atoms with E-state index >= 15 is 0 Å². The van der Waals surface area contributed by atoms with Crippen LogP contribution in [0.4, 0.5) is 0 Å². The van der Waals surface area contributed by atoms with Crippen molar-refractivity contribution in [3.05, 3.63) is 58.0 Å². The molecule has 27 heavy (non-hydrogen) atoms. The van der Waals surface area contributed by atoms with Crippen LogP contribution < -0.4 is 5.32 Å². The summed E-state index contributed by atoms with van der Waals surface area (Å²) >= 11 is 3.44. The van der Waals surface area contributed by atoms with Crippen molar-refractivity contribution < 1.29 is 9.21 Å². The van der Waals surface area contributed by atoms with Crippen molar-refractivity contribution in [2.75, 3.05) is 27.7 Å². The predicted octanol–water partition coefficient (Wildman–Crippen LogP) is 3.63. The Morgan fingerprint density at radius 3 is 2.41 bits per heavy atom. The van der Waals surface area contributed by atoms with Crippen molar-refractivity contribution in [2.45, 2.75) is 20.0 Å². The van der Waals surface area contributed by atoms with Crippen LogP contribution in [0.15, 0.2) is 50.5 Å². The Kier molecular flexibility index (Phi) is 9.86. The number of hydrogen-bond donors (Lipinski definition) is 1. The lowest BCUT2D eigenvalue weighted by Gasteiger charge is -2.23. The Morgan fingerprint density at radius 2 is 1.85 bits per heavy atom. The molecule has 1 heterocycles. The lowest BCUT2D eigenvalue weighted by molar-refractivity contribution is -0.127. The van der Waals surface area contributed by atoms with Gasteiger partial charge in [0.1, 0.15) is 5.76 Å². The highest BCUT2D eigenvalue weighted by molar-refractivity contribution is 14.0. The van der Waals surface area contributed by atoms with E-state index in [0.717, 1.165) is 21.4 Å². The van der Waals surface area contributed by atoms with Crippen LogP contribution in [0.5, 0.6) is 0 Å². The minimum absolute atomic E-state index is 0. The van der Waals surface area contributed by atoms with E-state index in [-0.39, 0.29) is 36.4 Å². The van der Waals surface area contributed by atoms with Crippen molar-refractivity contribution in [1.29, 1.82) is 0 Å². The number of carbonyl (C=O) groups excluding carboxylic acids is 1. The van der Waals surface area contributed by atoms with Gasteiger partial charge in [-0.2, -0.15) is 0 Å². The van der Waals surface area contributed by atoms with Gasteiger partial charge in [0.25, 0.3) is 0 Å². The maximum atomic E-state index is 11.9. The third-order valence-electron chi connectivity index (χ3n) is 3.96. The normalized spacial score (nSPS) is 10.9. The van der Waals surface area contributed by atoms with E-state index < -0.39 is 0 Å². The number of nitrogens with zero attached hydrogens (tertiary/aromatic N) is 3. The van der Waals surface area contributed by atoms with Crippen molar-refractivity contribution in [3.63, 3.8) is 0 Å². The number of rotatable bonds is 6. The highest BCUT2D eigenvalue weighted by atomic mass is 127. The molecule has 1 N–H and O–H groups in total. The number of amides is 1. The largest absolute Gasteiger partial charge is 0.469 e. The van der Waals surface area contributed by atoms with Gasteiger partial charge < -0.3 is 19.5 Å². The fourth-order valence-corrected chi connectivity index (χ4v) is 2.55. The van der Waals surface area contributed by atoms with Crippen LogP contribution in [-0.2, 0) is 17.9 Å². The number of halogens is 2. The Labute approximate surface area is 186 Å². The first-order valence-corrected chi connectivity index (χ1v) is 9.13. The van der Waals surface area contributed by atoms with Gasteiger partial charge in [-0.25, -0.2) is 4.99 Å². The van der Waals surface area contributed by atoms with E-state index in [4.69, 9.17) is 4.42 Å². The van der Waals surface area contributed by atoms with Crippen LogP contribution in [0.3, 0.4) is 0 Å². The second kappa shape index (κ2) is 11.3. The molecule has 0 aliphatic heterocycles. The average molecular weight is 549 g/mol. The molecule has 0 saturated heterocycles. The molecule has 0 aliphatic carbocycles. The summed E-state index contributed by atoms with van der Waals surface area (Å²) in [5, 5.41) is 3.16. The van der Waals surface area contributed by atoms with Crippen LogP contribution in [0.1, 0.15) is 16.9 Å². The molecule has 0 bridgehead atoms. The summed E-state index contributed by atoms with van der Waals surface area (Å²) in [6.07, 6.45) is 1.68. The summed E-state index contributed by atoms with van der Waals surface area (Å²) in [5.74, 6) is 1.55. The lowest BCUT2D eigenvalue weighted by atomic mass is 10.2. The molecule has 2 aromatic rings. The Bertz CT molecular complexity index is 759. The number of aliphatic imine (C=N–C) groups is 1. The van der Waals surface area contributed by atoms with Gasteiger partial charge in [0.2, 0.25) is 5.91 Å². The van der Waals surface area contributed by atoms with Crippen LogP contribution in [0.25, 0.3) is 0 Å². The molecule has 0 radical (unpaired) electrons. The maximum Gasteiger partial charge on any atom is 0.241 e. The van der Waals surface area contributed by atoms with E-state index in [1.165, 1.54) is 0 Å². The molecule has 0 fully saturated rings. The zero-order chi connectivity index (χ0) is 19.1. The molecule has 0 saturated carbocycles. The second-order valence-electron chi connectivity index (χ2n) is 6.27. The number of carbonyl (C=O) groups is 1. The van der Waals surface area contributed by atoms with Crippen LogP contribution in [-0.4, -0.2) is 49.4 Å². The minimum atomic E-state index is -0.00534. The predicted molar refractivity (Wildman–Crippen MR) is 122 cm³/mol. The SMILES string of the molecule is Cc1occc1CN(C)C(=NCc1ccc(Br)cc1)NCC(=O)N(C)C.I. The standard InChI is InChI=1S/C19H25BrN4O2.HI/c1-14-16(9-10-26-14)13-24(4)19(22-12-18(25)23(2)3)21-11-15-5-7-17(20)8-6-15;/h5-10H,11-13H2,1-4H3,(H,21,22);1H. The molecule has 2 rings (SSSR count). The van der Waals surface area contributed by atoms with Gasteiger partial charge in [0, 0.05) is 37.7 Å². The summed E-state index contributed by atoms with van der Waals surface area (Å²) < 4.78 is 6.40. The van der Waals surface area contributed by atoms with E-state index in [2.05, 4.69) is 26.2 Å². The van der Waals surface area contributed by atoms with Crippen LogP contribution >= 0.6 is 39.9 Å². The van der Waals surface area contributed by atoms with Crippen molar-refractivity contribution in [1.82, 2.24) is 15.1 Å². The lowest BCUT2D eigenvalue weighted by Crippen LogP contribution is -2.43. The van der Waals surface area contributed by atoms with Crippen LogP contribution in [0.2, 0.25) is 0 Å². The number of hydrogen-bond acceptors (Lipinski definition) is 3. The number of nitrogens with one attached hydrogen (secondary N) is 1. The zero-order valence-electron chi connectivity index (χ0n) is 16.0.